The van der Waals surface area contributed by atoms with Crippen LogP contribution >= 0.6 is 0 Å². The SMILES string of the molecule is COc1ccc([C@@H]2[C@@H](C(=O)O)c3ccccc3C(=O)N2O)cc1. The Hall–Kier alpha value is -2.86. The number of carbonyl (C=O) groups is 2. The Kier molecular flexibility index (Phi) is 3.75. The molecule has 0 radical (unpaired) electrons. The van der Waals surface area contributed by atoms with Gasteiger partial charge in [0.25, 0.3) is 5.91 Å². The second kappa shape index (κ2) is 5.73. The van der Waals surface area contributed by atoms with Gasteiger partial charge in [-0.2, -0.15) is 0 Å². The van der Waals surface area contributed by atoms with Crippen LogP contribution < -0.4 is 4.74 Å². The highest BCUT2D eigenvalue weighted by Crippen LogP contribution is 2.42. The summed E-state index contributed by atoms with van der Waals surface area (Å²) in [6.45, 7) is 0. The molecule has 23 heavy (non-hydrogen) atoms. The zero-order valence-electron chi connectivity index (χ0n) is 12.3. The number of hydrogen-bond acceptors (Lipinski definition) is 4. The van der Waals surface area contributed by atoms with Gasteiger partial charge in [0, 0.05) is 5.56 Å². The van der Waals surface area contributed by atoms with Crippen molar-refractivity contribution in [1.82, 2.24) is 5.06 Å². The fraction of sp³-hybridized carbons (Fsp3) is 0.176. The van der Waals surface area contributed by atoms with Crippen LogP contribution in [0, 0.1) is 0 Å². The van der Waals surface area contributed by atoms with E-state index in [1.165, 1.54) is 13.2 Å². The lowest BCUT2D eigenvalue weighted by molar-refractivity contribution is -0.148. The quantitative estimate of drug-likeness (QED) is 0.850. The van der Waals surface area contributed by atoms with Gasteiger partial charge in [-0.1, -0.05) is 30.3 Å². The van der Waals surface area contributed by atoms with Gasteiger partial charge in [-0.3, -0.25) is 14.8 Å². The fourth-order valence-corrected chi connectivity index (χ4v) is 2.93. The fourth-order valence-electron chi connectivity index (χ4n) is 2.93. The van der Waals surface area contributed by atoms with E-state index in [9.17, 15) is 19.9 Å². The second-order valence-corrected chi connectivity index (χ2v) is 5.27. The van der Waals surface area contributed by atoms with Crippen molar-refractivity contribution in [2.24, 2.45) is 0 Å². The topological polar surface area (TPSA) is 87.1 Å². The second-order valence-electron chi connectivity index (χ2n) is 5.27. The Morgan fingerprint density at radius 3 is 2.39 bits per heavy atom. The highest BCUT2D eigenvalue weighted by atomic mass is 16.5. The van der Waals surface area contributed by atoms with Crippen LogP contribution in [0.5, 0.6) is 5.75 Å². The summed E-state index contributed by atoms with van der Waals surface area (Å²) < 4.78 is 5.08. The van der Waals surface area contributed by atoms with Gasteiger partial charge in [0.15, 0.2) is 0 Å². The van der Waals surface area contributed by atoms with Gasteiger partial charge in [0.05, 0.1) is 7.11 Å². The van der Waals surface area contributed by atoms with Gasteiger partial charge in [-0.25, -0.2) is 5.06 Å². The maximum Gasteiger partial charge on any atom is 0.313 e. The number of methoxy groups -OCH3 is 1. The number of ether oxygens (including phenoxy) is 1. The highest BCUT2D eigenvalue weighted by Gasteiger charge is 2.44. The number of carboxylic acid groups (broad SMARTS) is 1. The first-order valence-electron chi connectivity index (χ1n) is 7.02. The third-order valence-electron chi connectivity index (χ3n) is 4.04. The average molecular weight is 313 g/mol. The first-order valence-corrected chi connectivity index (χ1v) is 7.02. The molecule has 118 valence electrons. The molecule has 3 rings (SSSR count). The molecule has 0 bridgehead atoms. The van der Waals surface area contributed by atoms with E-state index < -0.39 is 23.8 Å². The lowest BCUT2D eigenvalue weighted by atomic mass is 9.81. The smallest absolute Gasteiger partial charge is 0.313 e. The van der Waals surface area contributed by atoms with Crippen molar-refractivity contribution in [1.29, 1.82) is 0 Å². The van der Waals surface area contributed by atoms with Crippen molar-refractivity contribution in [3.05, 3.63) is 65.2 Å². The Bertz CT molecular complexity index is 756. The number of fused-ring (bicyclic) bond motifs is 1. The summed E-state index contributed by atoms with van der Waals surface area (Å²) in [5.74, 6) is -2.17. The van der Waals surface area contributed by atoms with E-state index in [1.54, 1.807) is 42.5 Å². The van der Waals surface area contributed by atoms with Gasteiger partial charge >= 0.3 is 5.97 Å². The van der Waals surface area contributed by atoms with Crippen molar-refractivity contribution in [2.45, 2.75) is 12.0 Å². The molecule has 0 saturated heterocycles. The molecule has 0 aliphatic carbocycles. The first kappa shape index (κ1) is 15.1. The largest absolute Gasteiger partial charge is 0.497 e. The van der Waals surface area contributed by atoms with Gasteiger partial charge in [-0.15, -0.1) is 0 Å². The molecular formula is C17H15NO5. The minimum absolute atomic E-state index is 0.201. The van der Waals surface area contributed by atoms with Crippen LogP contribution in [0.2, 0.25) is 0 Å². The van der Waals surface area contributed by atoms with E-state index in [-0.39, 0.29) is 5.56 Å². The van der Waals surface area contributed by atoms with Gasteiger partial charge < -0.3 is 9.84 Å². The van der Waals surface area contributed by atoms with Crippen LogP contribution in [0.1, 0.15) is 33.4 Å². The van der Waals surface area contributed by atoms with Crippen molar-refractivity contribution < 1.29 is 24.6 Å². The first-order chi connectivity index (χ1) is 11.0. The zero-order valence-corrected chi connectivity index (χ0v) is 12.3. The van der Waals surface area contributed by atoms with Crippen molar-refractivity contribution in [2.75, 3.05) is 7.11 Å². The molecule has 6 heteroatoms. The summed E-state index contributed by atoms with van der Waals surface area (Å²) in [6, 6.07) is 12.0. The minimum Gasteiger partial charge on any atom is -0.497 e. The Balaban J connectivity index is 2.14. The number of carboxylic acids is 1. The van der Waals surface area contributed by atoms with Gasteiger partial charge in [-0.05, 0) is 29.3 Å². The summed E-state index contributed by atoms with van der Waals surface area (Å²) in [6.07, 6.45) is 0. The minimum atomic E-state index is -1.11. The molecule has 1 heterocycles. The van der Waals surface area contributed by atoms with Crippen molar-refractivity contribution >= 4 is 11.9 Å². The Labute approximate surface area is 132 Å². The number of amides is 1. The van der Waals surface area contributed by atoms with Crippen LogP contribution in [-0.4, -0.2) is 34.4 Å². The number of carbonyl (C=O) groups excluding carboxylic acids is 1. The predicted molar refractivity (Wildman–Crippen MR) is 80.5 cm³/mol. The van der Waals surface area contributed by atoms with Gasteiger partial charge in [0.1, 0.15) is 17.7 Å². The molecule has 0 unspecified atom stereocenters. The molecule has 0 aromatic heterocycles. The summed E-state index contributed by atoms with van der Waals surface area (Å²) in [5, 5.41) is 20.4. The standard InChI is InChI=1S/C17H15NO5/c1-23-11-8-6-10(7-9-11)15-14(17(20)21)12-4-2-3-5-13(12)16(19)18(15)22/h2-9,14-15,22H,1H3,(H,20,21)/t14-,15+/m0/s1. The molecule has 0 fully saturated rings. The number of hydrogen-bond donors (Lipinski definition) is 2. The molecule has 2 atom stereocenters. The van der Waals surface area contributed by atoms with E-state index in [0.717, 1.165) is 0 Å². The predicted octanol–water partition coefficient (Wildman–Crippen LogP) is 2.45. The summed E-state index contributed by atoms with van der Waals surface area (Å²) in [7, 11) is 1.52. The van der Waals surface area contributed by atoms with Crippen LogP contribution in [-0.2, 0) is 4.79 Å². The van der Waals surface area contributed by atoms with E-state index >= 15 is 0 Å². The molecule has 0 saturated carbocycles. The molecule has 0 spiro atoms. The third-order valence-corrected chi connectivity index (χ3v) is 4.04. The van der Waals surface area contributed by atoms with E-state index in [0.29, 0.717) is 21.9 Å². The van der Waals surface area contributed by atoms with Crippen LogP contribution in [0.15, 0.2) is 48.5 Å². The number of rotatable bonds is 3. The number of aliphatic carboxylic acids is 1. The molecule has 1 amide bonds. The van der Waals surface area contributed by atoms with Gasteiger partial charge in [0.2, 0.25) is 0 Å². The lowest BCUT2D eigenvalue weighted by Crippen LogP contribution is -2.42. The number of nitrogens with zero attached hydrogens (tertiary/aromatic N) is 1. The monoisotopic (exact) mass is 313 g/mol. The van der Waals surface area contributed by atoms with E-state index in [2.05, 4.69) is 0 Å². The summed E-state index contributed by atoms with van der Waals surface area (Å²) >= 11 is 0. The molecular weight excluding hydrogens is 298 g/mol. The number of hydroxylamine groups is 2. The van der Waals surface area contributed by atoms with E-state index in [1.807, 2.05) is 0 Å². The maximum absolute atomic E-state index is 12.3. The zero-order chi connectivity index (χ0) is 16.6. The van der Waals surface area contributed by atoms with Crippen LogP contribution in [0.3, 0.4) is 0 Å². The molecule has 2 aromatic rings. The molecule has 1 aliphatic rings. The number of benzene rings is 2. The molecule has 6 nitrogen and oxygen atoms in total. The summed E-state index contributed by atoms with van der Waals surface area (Å²) in [5.41, 5.74) is 1.12. The highest BCUT2D eigenvalue weighted by molar-refractivity contribution is 5.99. The normalized spacial score (nSPS) is 20.1. The van der Waals surface area contributed by atoms with Crippen molar-refractivity contribution in [3.63, 3.8) is 0 Å². The molecule has 2 aromatic carbocycles. The van der Waals surface area contributed by atoms with Crippen LogP contribution in [0.4, 0.5) is 0 Å². The summed E-state index contributed by atoms with van der Waals surface area (Å²) in [4.78, 5) is 24.2. The average Bonchev–Trinajstić information content (AvgIpc) is 2.57. The lowest BCUT2D eigenvalue weighted by Gasteiger charge is -2.36. The third kappa shape index (κ3) is 2.43. The Morgan fingerprint density at radius 2 is 1.78 bits per heavy atom. The maximum atomic E-state index is 12.3. The van der Waals surface area contributed by atoms with Crippen molar-refractivity contribution in [3.8, 4) is 5.75 Å². The van der Waals surface area contributed by atoms with Crippen LogP contribution in [0.25, 0.3) is 0 Å². The Morgan fingerprint density at radius 1 is 1.13 bits per heavy atom. The molecule has 1 aliphatic heterocycles. The molecule has 2 N–H and O–H groups in total. The van der Waals surface area contributed by atoms with E-state index in [4.69, 9.17) is 4.74 Å².